The number of aryl methyl sites for hydroxylation is 1. The molecular formula is C13H17ClN4O. The SMILES string of the molecule is Cl.Cn1ccnc1COCc1cccc(C(=N)N)c1. The highest BCUT2D eigenvalue weighted by Gasteiger charge is 2.01. The zero-order chi connectivity index (χ0) is 13.0. The zero-order valence-electron chi connectivity index (χ0n) is 10.7. The lowest BCUT2D eigenvalue weighted by Gasteiger charge is -2.06. The van der Waals surface area contributed by atoms with Gasteiger partial charge in [-0.25, -0.2) is 4.98 Å². The molecule has 2 aromatic rings. The molecule has 0 atom stereocenters. The lowest BCUT2D eigenvalue weighted by molar-refractivity contribution is 0.1000. The second-order valence-electron chi connectivity index (χ2n) is 4.06. The van der Waals surface area contributed by atoms with Gasteiger partial charge in [-0.15, -0.1) is 12.4 Å². The molecule has 0 radical (unpaired) electrons. The number of nitrogens with zero attached hydrogens (tertiary/aromatic N) is 2. The molecule has 102 valence electrons. The average molecular weight is 281 g/mol. The molecule has 0 bridgehead atoms. The van der Waals surface area contributed by atoms with Gasteiger partial charge in [0, 0.05) is 25.0 Å². The van der Waals surface area contributed by atoms with Crippen molar-refractivity contribution >= 4 is 18.2 Å². The molecule has 0 saturated carbocycles. The van der Waals surface area contributed by atoms with Gasteiger partial charge in [0.15, 0.2) is 0 Å². The van der Waals surface area contributed by atoms with Crippen molar-refractivity contribution in [1.82, 2.24) is 9.55 Å². The van der Waals surface area contributed by atoms with Gasteiger partial charge in [0.2, 0.25) is 0 Å². The van der Waals surface area contributed by atoms with Crippen molar-refractivity contribution in [2.75, 3.05) is 0 Å². The van der Waals surface area contributed by atoms with Gasteiger partial charge in [0.05, 0.1) is 6.61 Å². The first-order valence-corrected chi connectivity index (χ1v) is 5.64. The van der Waals surface area contributed by atoms with Crippen LogP contribution in [0.3, 0.4) is 0 Å². The largest absolute Gasteiger partial charge is 0.384 e. The standard InChI is InChI=1S/C13H16N4O.ClH/c1-17-6-5-16-12(17)9-18-8-10-3-2-4-11(7-10)13(14)15;/h2-7H,8-9H2,1H3,(H3,14,15);1H. The summed E-state index contributed by atoms with van der Waals surface area (Å²) in [6.07, 6.45) is 3.63. The molecule has 19 heavy (non-hydrogen) atoms. The van der Waals surface area contributed by atoms with Gasteiger partial charge in [0.25, 0.3) is 0 Å². The summed E-state index contributed by atoms with van der Waals surface area (Å²) >= 11 is 0. The average Bonchev–Trinajstić information content (AvgIpc) is 2.76. The van der Waals surface area contributed by atoms with Crippen molar-refractivity contribution in [1.29, 1.82) is 5.41 Å². The molecule has 0 fully saturated rings. The Morgan fingerprint density at radius 1 is 1.42 bits per heavy atom. The smallest absolute Gasteiger partial charge is 0.134 e. The number of rotatable bonds is 5. The van der Waals surface area contributed by atoms with Gasteiger partial charge in [0.1, 0.15) is 18.3 Å². The lowest BCUT2D eigenvalue weighted by atomic mass is 10.1. The Morgan fingerprint density at radius 2 is 2.21 bits per heavy atom. The molecule has 1 aromatic heterocycles. The fourth-order valence-electron chi connectivity index (χ4n) is 1.62. The van der Waals surface area contributed by atoms with Crippen molar-refractivity contribution in [2.45, 2.75) is 13.2 Å². The van der Waals surface area contributed by atoms with Gasteiger partial charge in [-0.05, 0) is 11.6 Å². The summed E-state index contributed by atoms with van der Waals surface area (Å²) in [4.78, 5) is 4.18. The molecule has 0 spiro atoms. The van der Waals surface area contributed by atoms with Crippen LogP contribution in [0.5, 0.6) is 0 Å². The van der Waals surface area contributed by atoms with Crippen LogP contribution in [0, 0.1) is 5.41 Å². The van der Waals surface area contributed by atoms with Crippen LogP contribution in [0.2, 0.25) is 0 Å². The number of hydrogen-bond acceptors (Lipinski definition) is 3. The predicted octanol–water partition coefficient (Wildman–Crippen LogP) is 1.84. The van der Waals surface area contributed by atoms with Crippen molar-refractivity contribution in [3.05, 3.63) is 53.6 Å². The van der Waals surface area contributed by atoms with Gasteiger partial charge >= 0.3 is 0 Å². The van der Waals surface area contributed by atoms with Crippen LogP contribution in [0.1, 0.15) is 17.0 Å². The minimum absolute atomic E-state index is 0. The number of nitrogen functional groups attached to an aromatic ring is 1. The number of amidine groups is 1. The summed E-state index contributed by atoms with van der Waals surface area (Å²) < 4.78 is 7.51. The summed E-state index contributed by atoms with van der Waals surface area (Å²) in [5.74, 6) is 0.957. The quantitative estimate of drug-likeness (QED) is 0.648. The van der Waals surface area contributed by atoms with E-state index in [4.69, 9.17) is 15.9 Å². The number of ether oxygens (including phenoxy) is 1. The summed E-state index contributed by atoms with van der Waals surface area (Å²) in [6.45, 7) is 0.946. The molecule has 0 saturated heterocycles. The molecule has 0 aliphatic carbocycles. The lowest BCUT2D eigenvalue weighted by Crippen LogP contribution is -2.11. The fraction of sp³-hybridized carbons (Fsp3) is 0.231. The second-order valence-corrected chi connectivity index (χ2v) is 4.06. The predicted molar refractivity (Wildman–Crippen MR) is 76.4 cm³/mol. The molecule has 1 heterocycles. The number of nitrogens with two attached hydrogens (primary N) is 1. The highest BCUT2D eigenvalue weighted by molar-refractivity contribution is 5.95. The number of nitrogens with one attached hydrogen (secondary N) is 1. The van der Waals surface area contributed by atoms with Gasteiger partial charge in [-0.3, -0.25) is 5.41 Å². The van der Waals surface area contributed by atoms with Crippen LogP contribution in [-0.4, -0.2) is 15.4 Å². The van der Waals surface area contributed by atoms with E-state index in [1.54, 1.807) is 6.20 Å². The summed E-state index contributed by atoms with van der Waals surface area (Å²) in [5.41, 5.74) is 7.15. The minimum Gasteiger partial charge on any atom is -0.384 e. The molecule has 2 rings (SSSR count). The van der Waals surface area contributed by atoms with Crippen molar-refractivity contribution in [3.8, 4) is 0 Å². The van der Waals surface area contributed by atoms with Gasteiger partial charge < -0.3 is 15.0 Å². The van der Waals surface area contributed by atoms with Crippen LogP contribution < -0.4 is 5.73 Å². The maximum atomic E-state index is 7.37. The van der Waals surface area contributed by atoms with Gasteiger partial charge in [-0.2, -0.15) is 0 Å². The van der Waals surface area contributed by atoms with E-state index >= 15 is 0 Å². The molecule has 0 aliphatic heterocycles. The summed E-state index contributed by atoms with van der Waals surface area (Å²) in [7, 11) is 1.93. The number of aromatic nitrogens is 2. The Balaban J connectivity index is 0.00000180. The molecular weight excluding hydrogens is 264 g/mol. The Morgan fingerprint density at radius 3 is 2.84 bits per heavy atom. The normalized spacial score (nSPS) is 9.95. The zero-order valence-corrected chi connectivity index (χ0v) is 11.5. The van der Waals surface area contributed by atoms with Crippen LogP contribution in [0.4, 0.5) is 0 Å². The Hall–Kier alpha value is -1.85. The second kappa shape index (κ2) is 6.92. The Kier molecular flexibility index (Phi) is 5.54. The van der Waals surface area contributed by atoms with E-state index in [9.17, 15) is 0 Å². The summed E-state index contributed by atoms with van der Waals surface area (Å²) in [5, 5.41) is 7.37. The third-order valence-electron chi connectivity index (χ3n) is 2.66. The van der Waals surface area contributed by atoms with Crippen LogP contribution in [0.15, 0.2) is 36.7 Å². The van der Waals surface area contributed by atoms with Crippen LogP contribution in [-0.2, 0) is 25.0 Å². The number of hydrogen-bond donors (Lipinski definition) is 2. The van der Waals surface area contributed by atoms with Gasteiger partial charge in [-0.1, -0.05) is 18.2 Å². The highest BCUT2D eigenvalue weighted by Crippen LogP contribution is 2.07. The first-order valence-electron chi connectivity index (χ1n) is 5.64. The van der Waals surface area contributed by atoms with E-state index in [2.05, 4.69) is 4.98 Å². The maximum Gasteiger partial charge on any atom is 0.134 e. The minimum atomic E-state index is 0. The van der Waals surface area contributed by atoms with Crippen molar-refractivity contribution in [2.24, 2.45) is 12.8 Å². The monoisotopic (exact) mass is 280 g/mol. The van der Waals surface area contributed by atoms with E-state index in [0.717, 1.165) is 11.4 Å². The third kappa shape index (κ3) is 4.08. The number of benzene rings is 1. The highest BCUT2D eigenvalue weighted by atomic mass is 35.5. The topological polar surface area (TPSA) is 76.9 Å². The number of halogens is 1. The van der Waals surface area contributed by atoms with Crippen LogP contribution >= 0.6 is 12.4 Å². The van der Waals surface area contributed by atoms with Crippen molar-refractivity contribution < 1.29 is 4.74 Å². The molecule has 0 amide bonds. The summed E-state index contributed by atoms with van der Waals surface area (Å²) in [6, 6.07) is 7.49. The molecule has 5 nitrogen and oxygen atoms in total. The Bertz CT molecular complexity index is 553. The van der Waals surface area contributed by atoms with E-state index in [1.165, 1.54) is 0 Å². The van der Waals surface area contributed by atoms with E-state index in [-0.39, 0.29) is 18.2 Å². The van der Waals surface area contributed by atoms with Crippen molar-refractivity contribution in [3.63, 3.8) is 0 Å². The first kappa shape index (κ1) is 15.2. The molecule has 3 N–H and O–H groups in total. The Labute approximate surface area is 118 Å². The first-order chi connectivity index (χ1) is 8.66. The molecule has 1 aromatic carbocycles. The van der Waals surface area contributed by atoms with Crippen LogP contribution in [0.25, 0.3) is 0 Å². The third-order valence-corrected chi connectivity index (χ3v) is 2.66. The molecule has 0 aliphatic rings. The molecule has 6 heteroatoms. The number of imidazole rings is 1. The fourth-order valence-corrected chi connectivity index (χ4v) is 1.62. The molecule has 0 unspecified atom stereocenters. The van der Waals surface area contributed by atoms with E-state index in [1.807, 2.05) is 42.1 Å². The van der Waals surface area contributed by atoms with E-state index in [0.29, 0.717) is 18.8 Å². The maximum absolute atomic E-state index is 7.37. The van der Waals surface area contributed by atoms with E-state index < -0.39 is 0 Å².